The molecule has 2 rings (SSSR count). The molecule has 1 aromatic carbocycles. The van der Waals surface area contributed by atoms with E-state index in [1.807, 2.05) is 20.8 Å². The van der Waals surface area contributed by atoms with Crippen LogP contribution in [0.5, 0.6) is 0 Å². The number of halogens is 1. The van der Waals surface area contributed by atoms with Crippen LogP contribution >= 0.6 is 0 Å². The largest absolute Gasteiger partial charge is 0.382 e. The summed E-state index contributed by atoms with van der Waals surface area (Å²) >= 11 is 0. The van der Waals surface area contributed by atoms with Crippen molar-refractivity contribution in [3.63, 3.8) is 0 Å². The van der Waals surface area contributed by atoms with E-state index in [9.17, 15) is 9.18 Å². The van der Waals surface area contributed by atoms with Crippen molar-refractivity contribution in [3.05, 3.63) is 29.6 Å². The number of amides is 1. The maximum atomic E-state index is 13.9. The molecule has 0 aromatic heterocycles. The molecule has 5 heteroatoms. The molecule has 1 aliphatic heterocycles. The number of hydrogen-bond donors (Lipinski definition) is 1. The van der Waals surface area contributed by atoms with Gasteiger partial charge in [0.1, 0.15) is 5.82 Å². The van der Waals surface area contributed by atoms with Crippen molar-refractivity contribution in [1.82, 2.24) is 4.90 Å². The van der Waals surface area contributed by atoms with Crippen molar-refractivity contribution in [2.45, 2.75) is 26.4 Å². The fourth-order valence-electron chi connectivity index (χ4n) is 2.42. The first kappa shape index (κ1) is 14.8. The summed E-state index contributed by atoms with van der Waals surface area (Å²) in [6.45, 7) is 7.88. The lowest BCUT2D eigenvalue weighted by molar-refractivity contribution is -0.0763. The van der Waals surface area contributed by atoms with E-state index in [1.54, 1.807) is 17.0 Å². The van der Waals surface area contributed by atoms with Crippen LogP contribution in [0, 0.1) is 5.82 Å². The molecule has 110 valence electrons. The van der Waals surface area contributed by atoms with Gasteiger partial charge in [0.25, 0.3) is 5.91 Å². The van der Waals surface area contributed by atoms with E-state index in [1.165, 1.54) is 6.07 Å². The second-order valence-electron chi connectivity index (χ2n) is 5.53. The molecule has 0 atom stereocenters. The lowest BCUT2D eigenvalue weighted by Crippen LogP contribution is -2.50. The number of hydrogen-bond acceptors (Lipinski definition) is 3. The Labute approximate surface area is 118 Å². The molecular weight excluding hydrogens is 259 g/mol. The summed E-state index contributed by atoms with van der Waals surface area (Å²) in [7, 11) is 0. The van der Waals surface area contributed by atoms with Crippen molar-refractivity contribution in [3.8, 4) is 0 Å². The van der Waals surface area contributed by atoms with Gasteiger partial charge in [-0.2, -0.15) is 0 Å². The first-order valence-corrected chi connectivity index (χ1v) is 6.90. The number of anilines is 1. The minimum Gasteiger partial charge on any atom is -0.382 e. The highest BCUT2D eigenvalue weighted by Crippen LogP contribution is 2.24. The number of carbonyl (C=O) groups excluding carboxylic acids is 1. The van der Waals surface area contributed by atoms with E-state index in [2.05, 4.69) is 5.32 Å². The molecule has 1 N–H and O–H groups in total. The lowest BCUT2D eigenvalue weighted by Gasteiger charge is -2.38. The van der Waals surface area contributed by atoms with Crippen molar-refractivity contribution in [2.24, 2.45) is 0 Å². The van der Waals surface area contributed by atoms with Gasteiger partial charge in [0.05, 0.1) is 23.5 Å². The third-order valence-corrected chi connectivity index (χ3v) is 3.31. The number of rotatable bonds is 3. The van der Waals surface area contributed by atoms with Gasteiger partial charge in [-0.3, -0.25) is 4.79 Å². The number of para-hydroxylation sites is 1. The monoisotopic (exact) mass is 280 g/mol. The van der Waals surface area contributed by atoms with Crippen LogP contribution in [-0.2, 0) is 4.74 Å². The second-order valence-corrected chi connectivity index (χ2v) is 5.53. The van der Waals surface area contributed by atoms with Gasteiger partial charge in [-0.25, -0.2) is 4.39 Å². The van der Waals surface area contributed by atoms with Gasteiger partial charge in [-0.1, -0.05) is 6.07 Å². The maximum absolute atomic E-state index is 13.9. The van der Waals surface area contributed by atoms with Gasteiger partial charge in [-0.15, -0.1) is 0 Å². The second kappa shape index (κ2) is 5.79. The molecule has 1 heterocycles. The van der Waals surface area contributed by atoms with E-state index >= 15 is 0 Å². The number of morpholine rings is 1. The SMILES string of the molecule is CCNc1c(F)cccc1C(=O)N1CCOC(C)(C)C1. The van der Waals surface area contributed by atoms with Gasteiger partial charge in [0, 0.05) is 19.6 Å². The molecule has 0 radical (unpaired) electrons. The molecule has 0 saturated carbocycles. The van der Waals surface area contributed by atoms with Crippen LogP contribution in [0.3, 0.4) is 0 Å². The van der Waals surface area contributed by atoms with Crippen molar-refractivity contribution in [1.29, 1.82) is 0 Å². The molecule has 0 unspecified atom stereocenters. The van der Waals surface area contributed by atoms with E-state index < -0.39 is 5.82 Å². The Balaban J connectivity index is 2.27. The van der Waals surface area contributed by atoms with Gasteiger partial charge in [-0.05, 0) is 32.9 Å². The molecule has 20 heavy (non-hydrogen) atoms. The zero-order valence-corrected chi connectivity index (χ0v) is 12.2. The van der Waals surface area contributed by atoms with Crippen LogP contribution in [0.15, 0.2) is 18.2 Å². The van der Waals surface area contributed by atoms with Crippen LogP contribution in [0.2, 0.25) is 0 Å². The first-order chi connectivity index (χ1) is 9.44. The van der Waals surface area contributed by atoms with Crippen LogP contribution in [0.1, 0.15) is 31.1 Å². The Morgan fingerprint density at radius 3 is 2.90 bits per heavy atom. The summed E-state index contributed by atoms with van der Waals surface area (Å²) in [5.74, 6) is -0.554. The van der Waals surface area contributed by atoms with Gasteiger partial charge >= 0.3 is 0 Å². The highest BCUT2D eigenvalue weighted by Gasteiger charge is 2.31. The average Bonchev–Trinajstić information content (AvgIpc) is 2.39. The Bertz CT molecular complexity index is 503. The van der Waals surface area contributed by atoms with E-state index in [0.717, 1.165) is 0 Å². The Kier molecular flexibility index (Phi) is 4.28. The Morgan fingerprint density at radius 1 is 1.50 bits per heavy atom. The molecule has 0 spiro atoms. The van der Waals surface area contributed by atoms with Crippen LogP contribution in [-0.4, -0.2) is 42.6 Å². The molecular formula is C15H21FN2O2. The number of benzene rings is 1. The van der Waals surface area contributed by atoms with E-state index in [0.29, 0.717) is 31.8 Å². The van der Waals surface area contributed by atoms with E-state index in [-0.39, 0.29) is 17.2 Å². The quantitative estimate of drug-likeness (QED) is 0.925. The Hall–Kier alpha value is -1.62. The van der Waals surface area contributed by atoms with E-state index in [4.69, 9.17) is 4.74 Å². The van der Waals surface area contributed by atoms with Crippen molar-refractivity contribution < 1.29 is 13.9 Å². The molecule has 1 aliphatic rings. The summed E-state index contributed by atoms with van der Waals surface area (Å²) in [5.41, 5.74) is 0.299. The summed E-state index contributed by atoms with van der Waals surface area (Å²) in [6, 6.07) is 4.58. The fraction of sp³-hybridized carbons (Fsp3) is 0.533. The topological polar surface area (TPSA) is 41.6 Å². The molecule has 4 nitrogen and oxygen atoms in total. The predicted octanol–water partition coefficient (Wildman–Crippen LogP) is 2.51. The maximum Gasteiger partial charge on any atom is 0.256 e. The van der Waals surface area contributed by atoms with Gasteiger partial charge < -0.3 is 15.0 Å². The first-order valence-electron chi connectivity index (χ1n) is 6.90. The van der Waals surface area contributed by atoms with Crippen LogP contribution in [0.25, 0.3) is 0 Å². The summed E-state index contributed by atoms with van der Waals surface area (Å²) in [5, 5.41) is 2.93. The minimum absolute atomic E-state index is 0.156. The molecule has 1 fully saturated rings. The number of nitrogens with zero attached hydrogens (tertiary/aromatic N) is 1. The molecule has 1 aromatic rings. The molecule has 0 bridgehead atoms. The zero-order chi connectivity index (χ0) is 14.8. The van der Waals surface area contributed by atoms with Crippen molar-refractivity contribution >= 4 is 11.6 Å². The zero-order valence-electron chi connectivity index (χ0n) is 12.2. The van der Waals surface area contributed by atoms with Crippen LogP contribution < -0.4 is 5.32 Å². The highest BCUT2D eigenvalue weighted by atomic mass is 19.1. The fourth-order valence-corrected chi connectivity index (χ4v) is 2.42. The molecule has 1 saturated heterocycles. The highest BCUT2D eigenvalue weighted by molar-refractivity contribution is 5.99. The minimum atomic E-state index is -0.398. The smallest absolute Gasteiger partial charge is 0.256 e. The lowest BCUT2D eigenvalue weighted by atomic mass is 10.1. The summed E-state index contributed by atoms with van der Waals surface area (Å²) in [6.07, 6.45) is 0. The van der Waals surface area contributed by atoms with Crippen molar-refractivity contribution in [2.75, 3.05) is 31.6 Å². The Morgan fingerprint density at radius 2 is 2.25 bits per heavy atom. The third kappa shape index (κ3) is 3.10. The predicted molar refractivity (Wildman–Crippen MR) is 76.5 cm³/mol. The summed E-state index contributed by atoms with van der Waals surface area (Å²) in [4.78, 5) is 14.3. The third-order valence-electron chi connectivity index (χ3n) is 3.31. The molecule has 1 amide bonds. The number of carbonyl (C=O) groups is 1. The van der Waals surface area contributed by atoms with Gasteiger partial charge in [0.15, 0.2) is 0 Å². The van der Waals surface area contributed by atoms with Crippen LogP contribution in [0.4, 0.5) is 10.1 Å². The standard InChI is InChI=1S/C15H21FN2O2/c1-4-17-13-11(6-5-7-12(13)16)14(19)18-8-9-20-15(2,3)10-18/h5-7,17H,4,8-10H2,1-3H3. The number of ether oxygens (including phenoxy) is 1. The summed E-state index contributed by atoms with van der Waals surface area (Å²) < 4.78 is 19.5. The number of nitrogens with one attached hydrogen (secondary N) is 1. The average molecular weight is 280 g/mol. The molecule has 0 aliphatic carbocycles. The van der Waals surface area contributed by atoms with Gasteiger partial charge in [0.2, 0.25) is 0 Å². The normalized spacial score (nSPS) is 17.9.